The Morgan fingerprint density at radius 2 is 1.93 bits per heavy atom. The fourth-order valence-electron chi connectivity index (χ4n) is 2.58. The summed E-state index contributed by atoms with van der Waals surface area (Å²) in [4.78, 5) is 25.3. The van der Waals surface area contributed by atoms with Crippen molar-refractivity contribution in [2.75, 3.05) is 11.9 Å². The Bertz CT molecular complexity index is 1060. The molecule has 1 N–H and O–H groups in total. The van der Waals surface area contributed by atoms with Gasteiger partial charge >= 0.3 is 5.97 Å². The molecule has 0 saturated carbocycles. The van der Waals surface area contributed by atoms with Crippen molar-refractivity contribution in [3.05, 3.63) is 87.6 Å². The molecular weight excluding hydrogens is 396 g/mol. The topological polar surface area (TPSA) is 55.4 Å². The van der Waals surface area contributed by atoms with E-state index in [1.807, 2.05) is 36.6 Å². The molecule has 7 heteroatoms. The number of ether oxygens (including phenoxy) is 1. The second-order valence-corrected chi connectivity index (χ2v) is 7.15. The van der Waals surface area contributed by atoms with Crippen LogP contribution in [0.15, 0.2) is 60.0 Å². The summed E-state index contributed by atoms with van der Waals surface area (Å²) < 4.78 is 31.7. The van der Waals surface area contributed by atoms with Gasteiger partial charge in [-0.05, 0) is 42.1 Å². The lowest BCUT2D eigenvalue weighted by atomic mass is 10.1. The van der Waals surface area contributed by atoms with Crippen molar-refractivity contribution in [2.45, 2.75) is 6.92 Å². The maximum absolute atomic E-state index is 13.6. The predicted octanol–water partition coefficient (Wildman–Crippen LogP) is 5.06. The van der Waals surface area contributed by atoms with Gasteiger partial charge in [0.25, 0.3) is 5.91 Å². The molecule has 1 heterocycles. The van der Waals surface area contributed by atoms with Gasteiger partial charge in [0.05, 0.1) is 11.3 Å². The molecule has 0 aliphatic carbocycles. The molecule has 0 unspecified atom stereocenters. The molecule has 1 aromatic heterocycles. The van der Waals surface area contributed by atoms with Gasteiger partial charge in [0.1, 0.15) is 11.6 Å². The quantitative estimate of drug-likeness (QED) is 0.454. The number of aryl methyl sites for hydroxylation is 1. The van der Waals surface area contributed by atoms with Crippen LogP contribution in [0, 0.1) is 18.6 Å². The third-order valence-corrected chi connectivity index (χ3v) is 4.80. The van der Waals surface area contributed by atoms with Crippen LogP contribution in [0.5, 0.6) is 0 Å². The lowest BCUT2D eigenvalue weighted by Gasteiger charge is -2.09. The minimum Gasteiger partial charge on any atom is -0.452 e. The van der Waals surface area contributed by atoms with Gasteiger partial charge in [-0.2, -0.15) is 0 Å². The second kappa shape index (κ2) is 9.25. The number of thiophene rings is 1. The molecule has 148 valence electrons. The zero-order valence-corrected chi connectivity index (χ0v) is 16.3. The fourth-order valence-corrected chi connectivity index (χ4v) is 3.31. The number of esters is 1. The molecule has 3 aromatic rings. The number of amides is 1. The molecule has 0 atom stereocenters. The molecule has 1 amide bonds. The van der Waals surface area contributed by atoms with Gasteiger partial charge in [-0.15, -0.1) is 11.3 Å². The average Bonchev–Trinajstić information content (AvgIpc) is 3.21. The van der Waals surface area contributed by atoms with Crippen molar-refractivity contribution in [2.24, 2.45) is 0 Å². The lowest BCUT2D eigenvalue weighted by molar-refractivity contribution is -0.141. The van der Waals surface area contributed by atoms with Crippen molar-refractivity contribution >= 4 is 40.5 Å². The standard InChI is InChI=1S/C22H17F2NO3S/c1-14-4-2-5-15(10-14)11-17(20-6-3-9-29-20)22(27)28-13-21(26)25-19-8-7-16(23)12-18(19)24/h2-12H,13H2,1H3,(H,25,26)/b17-11+. The molecule has 0 saturated heterocycles. The summed E-state index contributed by atoms with van der Waals surface area (Å²) in [6, 6.07) is 14.0. The summed E-state index contributed by atoms with van der Waals surface area (Å²) in [5.74, 6) is -3.08. The van der Waals surface area contributed by atoms with Crippen molar-refractivity contribution in [1.29, 1.82) is 0 Å². The Kier molecular flexibility index (Phi) is 6.51. The van der Waals surface area contributed by atoms with E-state index in [1.165, 1.54) is 11.3 Å². The summed E-state index contributed by atoms with van der Waals surface area (Å²) in [6.45, 7) is 1.34. The van der Waals surface area contributed by atoms with E-state index in [2.05, 4.69) is 5.32 Å². The number of hydrogen-bond donors (Lipinski definition) is 1. The molecule has 4 nitrogen and oxygen atoms in total. The largest absolute Gasteiger partial charge is 0.452 e. The number of halogens is 2. The van der Waals surface area contributed by atoms with E-state index in [-0.39, 0.29) is 5.69 Å². The van der Waals surface area contributed by atoms with Crippen molar-refractivity contribution in [1.82, 2.24) is 0 Å². The molecule has 0 aliphatic rings. The summed E-state index contributed by atoms with van der Waals surface area (Å²) in [5.41, 5.74) is 1.98. The summed E-state index contributed by atoms with van der Waals surface area (Å²) in [5, 5.41) is 4.08. The van der Waals surface area contributed by atoms with Gasteiger partial charge in [-0.3, -0.25) is 4.79 Å². The third kappa shape index (κ3) is 5.58. The number of anilines is 1. The van der Waals surface area contributed by atoms with Crippen LogP contribution in [0.25, 0.3) is 11.6 Å². The Balaban J connectivity index is 1.71. The third-order valence-electron chi connectivity index (χ3n) is 3.90. The monoisotopic (exact) mass is 413 g/mol. The fraction of sp³-hybridized carbons (Fsp3) is 0.0909. The summed E-state index contributed by atoms with van der Waals surface area (Å²) >= 11 is 1.37. The van der Waals surface area contributed by atoms with E-state index in [0.29, 0.717) is 16.5 Å². The number of carbonyl (C=O) groups excluding carboxylic acids is 2. The summed E-state index contributed by atoms with van der Waals surface area (Å²) in [6.07, 6.45) is 1.69. The maximum Gasteiger partial charge on any atom is 0.340 e. The van der Waals surface area contributed by atoms with Gasteiger partial charge in [0.2, 0.25) is 0 Å². The van der Waals surface area contributed by atoms with Crippen LogP contribution < -0.4 is 5.32 Å². The van der Waals surface area contributed by atoms with E-state index in [0.717, 1.165) is 23.3 Å². The number of hydrogen-bond acceptors (Lipinski definition) is 4. The molecule has 2 aromatic carbocycles. The van der Waals surface area contributed by atoms with Crippen LogP contribution in [-0.4, -0.2) is 18.5 Å². The highest BCUT2D eigenvalue weighted by Gasteiger charge is 2.17. The molecule has 3 rings (SSSR count). The minimum absolute atomic E-state index is 0.193. The Morgan fingerprint density at radius 3 is 2.62 bits per heavy atom. The molecule has 0 fully saturated rings. The Morgan fingerprint density at radius 1 is 1.10 bits per heavy atom. The molecule has 0 spiro atoms. The predicted molar refractivity (Wildman–Crippen MR) is 109 cm³/mol. The molecule has 0 radical (unpaired) electrons. The minimum atomic E-state index is -0.914. The first-order chi connectivity index (χ1) is 13.9. The van der Waals surface area contributed by atoms with Crippen molar-refractivity contribution in [3.8, 4) is 0 Å². The van der Waals surface area contributed by atoms with Gasteiger partial charge in [0.15, 0.2) is 6.61 Å². The van der Waals surface area contributed by atoms with Crippen LogP contribution in [0.4, 0.5) is 14.5 Å². The molecule has 0 aliphatic heterocycles. The van der Waals surface area contributed by atoms with Gasteiger partial charge < -0.3 is 10.1 Å². The lowest BCUT2D eigenvalue weighted by Crippen LogP contribution is -2.21. The van der Waals surface area contributed by atoms with Crippen LogP contribution in [-0.2, 0) is 14.3 Å². The zero-order chi connectivity index (χ0) is 20.8. The number of rotatable bonds is 6. The van der Waals surface area contributed by atoms with E-state index >= 15 is 0 Å². The van der Waals surface area contributed by atoms with Crippen molar-refractivity contribution < 1.29 is 23.1 Å². The van der Waals surface area contributed by atoms with Gasteiger partial charge in [-0.1, -0.05) is 35.9 Å². The van der Waals surface area contributed by atoms with E-state index < -0.39 is 30.1 Å². The smallest absolute Gasteiger partial charge is 0.340 e. The molecular formula is C22H17F2NO3S. The maximum atomic E-state index is 13.6. The van der Waals surface area contributed by atoms with E-state index in [9.17, 15) is 18.4 Å². The van der Waals surface area contributed by atoms with Gasteiger partial charge in [0, 0.05) is 10.9 Å². The van der Waals surface area contributed by atoms with Crippen LogP contribution in [0.3, 0.4) is 0 Å². The van der Waals surface area contributed by atoms with E-state index in [1.54, 1.807) is 18.2 Å². The molecule has 29 heavy (non-hydrogen) atoms. The van der Waals surface area contributed by atoms with Crippen LogP contribution in [0.1, 0.15) is 16.0 Å². The first-order valence-corrected chi connectivity index (χ1v) is 9.54. The summed E-state index contributed by atoms with van der Waals surface area (Å²) in [7, 11) is 0. The SMILES string of the molecule is Cc1cccc(/C=C(/C(=O)OCC(=O)Nc2ccc(F)cc2F)c2cccs2)c1. The van der Waals surface area contributed by atoms with Crippen LogP contribution >= 0.6 is 11.3 Å². The van der Waals surface area contributed by atoms with Crippen LogP contribution in [0.2, 0.25) is 0 Å². The zero-order valence-electron chi connectivity index (χ0n) is 15.4. The highest BCUT2D eigenvalue weighted by Crippen LogP contribution is 2.24. The Labute approximate surface area is 170 Å². The highest BCUT2D eigenvalue weighted by molar-refractivity contribution is 7.11. The average molecular weight is 413 g/mol. The number of carbonyl (C=O) groups is 2. The van der Waals surface area contributed by atoms with Gasteiger partial charge in [-0.25, -0.2) is 13.6 Å². The number of benzene rings is 2. The Hall–Kier alpha value is -3.32. The number of nitrogens with one attached hydrogen (secondary N) is 1. The normalized spacial score (nSPS) is 11.2. The highest BCUT2D eigenvalue weighted by atomic mass is 32.1. The molecule has 0 bridgehead atoms. The van der Waals surface area contributed by atoms with Crippen molar-refractivity contribution in [3.63, 3.8) is 0 Å². The first-order valence-electron chi connectivity index (χ1n) is 8.66. The van der Waals surface area contributed by atoms with E-state index in [4.69, 9.17) is 4.74 Å². The second-order valence-electron chi connectivity index (χ2n) is 6.20. The first kappa shape index (κ1) is 20.4.